The number of nitrogens with zero attached hydrogens (tertiary/aromatic N) is 4. The Morgan fingerprint density at radius 1 is 1.16 bits per heavy atom. The standard InChI is InChI=1S/C26H22ClF3N4O4/c1-25(36)10-26(37,11-25)23-31-7-12(8-32-23)16-9-34-20(6-17(16)28)33-21-18(35)5-15(22(21)34)14-4-13(27)2-3-19(14)38-24(29)30/h2-4,6-9,15,18,24,35-37H,5,10-11H2,1H3/t15-,18-,25-,26-/m1/s1. The van der Waals surface area contributed by atoms with Crippen LogP contribution in [0.4, 0.5) is 13.2 Å². The van der Waals surface area contributed by atoms with Gasteiger partial charge in [-0.05, 0) is 31.5 Å². The van der Waals surface area contributed by atoms with Gasteiger partial charge in [-0.2, -0.15) is 8.78 Å². The summed E-state index contributed by atoms with van der Waals surface area (Å²) in [6, 6.07) is 5.49. The molecule has 2 atom stereocenters. The number of aliphatic hydroxyl groups is 3. The highest BCUT2D eigenvalue weighted by Crippen LogP contribution is 2.48. The Kier molecular flexibility index (Phi) is 5.69. The van der Waals surface area contributed by atoms with Gasteiger partial charge in [-0.25, -0.2) is 19.3 Å². The number of hydrogen-bond acceptors (Lipinski definition) is 7. The molecule has 8 nitrogen and oxygen atoms in total. The van der Waals surface area contributed by atoms with Crippen molar-refractivity contribution >= 4 is 17.2 Å². The molecule has 6 rings (SSSR count). The van der Waals surface area contributed by atoms with Crippen molar-refractivity contribution in [1.82, 2.24) is 19.4 Å². The Balaban J connectivity index is 1.43. The maximum atomic E-state index is 15.2. The summed E-state index contributed by atoms with van der Waals surface area (Å²) in [5.41, 5.74) is -0.521. The summed E-state index contributed by atoms with van der Waals surface area (Å²) in [5.74, 6) is -1.17. The van der Waals surface area contributed by atoms with E-state index in [4.69, 9.17) is 16.3 Å². The Bertz CT molecular complexity index is 1550. The highest BCUT2D eigenvalue weighted by Gasteiger charge is 2.53. The van der Waals surface area contributed by atoms with Crippen molar-refractivity contribution in [2.45, 2.75) is 56.0 Å². The first-order valence-corrected chi connectivity index (χ1v) is 12.2. The highest BCUT2D eigenvalue weighted by molar-refractivity contribution is 6.30. The lowest BCUT2D eigenvalue weighted by Crippen LogP contribution is -2.53. The molecule has 2 aliphatic rings. The van der Waals surface area contributed by atoms with Crippen molar-refractivity contribution in [2.24, 2.45) is 0 Å². The molecule has 0 saturated heterocycles. The molecule has 3 aromatic heterocycles. The summed E-state index contributed by atoms with van der Waals surface area (Å²) < 4.78 is 47.7. The first-order valence-electron chi connectivity index (χ1n) is 11.9. The fourth-order valence-electron chi connectivity index (χ4n) is 5.69. The summed E-state index contributed by atoms with van der Waals surface area (Å²) in [7, 11) is 0. The molecular formula is C26H22ClF3N4O4. The molecule has 12 heteroatoms. The van der Waals surface area contributed by atoms with E-state index in [0.29, 0.717) is 27.5 Å². The SMILES string of the molecule is C[C@]1(O)C[C@@](O)(c2ncc(-c3cn4c5c(nc4cc3F)[C@H](O)C[C@@H]5c3cc(Cl)ccc3OC(F)F)cn2)C1. The van der Waals surface area contributed by atoms with E-state index in [9.17, 15) is 24.1 Å². The van der Waals surface area contributed by atoms with E-state index in [2.05, 4.69) is 15.0 Å². The topological polar surface area (TPSA) is 113 Å². The number of benzene rings is 1. The fraction of sp³-hybridized carbons (Fsp3) is 0.346. The molecular weight excluding hydrogens is 525 g/mol. The first kappa shape index (κ1) is 25.1. The number of aromatic nitrogens is 4. The number of aliphatic hydroxyl groups excluding tert-OH is 1. The molecule has 0 radical (unpaired) electrons. The van der Waals surface area contributed by atoms with E-state index < -0.39 is 35.7 Å². The van der Waals surface area contributed by atoms with Crippen molar-refractivity contribution in [2.75, 3.05) is 0 Å². The lowest BCUT2D eigenvalue weighted by molar-refractivity contribution is -0.180. The highest BCUT2D eigenvalue weighted by atomic mass is 35.5. The summed E-state index contributed by atoms with van der Waals surface area (Å²) in [5, 5.41) is 31.7. The zero-order chi connectivity index (χ0) is 27.0. The van der Waals surface area contributed by atoms with Crippen LogP contribution in [0.5, 0.6) is 5.75 Å². The van der Waals surface area contributed by atoms with E-state index in [-0.39, 0.29) is 42.0 Å². The molecule has 2 aliphatic carbocycles. The molecule has 1 fully saturated rings. The number of fused-ring (bicyclic) bond motifs is 3. The molecule has 3 heterocycles. The molecule has 198 valence electrons. The van der Waals surface area contributed by atoms with Gasteiger partial charge in [0.2, 0.25) is 0 Å². The van der Waals surface area contributed by atoms with Gasteiger partial charge < -0.3 is 24.5 Å². The third-order valence-corrected chi connectivity index (χ3v) is 7.40. The molecule has 1 aromatic carbocycles. The molecule has 3 N–H and O–H groups in total. The summed E-state index contributed by atoms with van der Waals surface area (Å²) >= 11 is 6.17. The third-order valence-electron chi connectivity index (χ3n) is 7.17. The maximum absolute atomic E-state index is 15.2. The van der Waals surface area contributed by atoms with E-state index in [1.54, 1.807) is 11.3 Å². The van der Waals surface area contributed by atoms with Gasteiger partial charge in [0, 0.05) is 65.1 Å². The largest absolute Gasteiger partial charge is 0.435 e. The van der Waals surface area contributed by atoms with Crippen LogP contribution in [0, 0.1) is 5.82 Å². The number of ether oxygens (including phenoxy) is 1. The minimum absolute atomic E-state index is 0.0800. The van der Waals surface area contributed by atoms with Crippen LogP contribution in [0.1, 0.15) is 61.0 Å². The van der Waals surface area contributed by atoms with Gasteiger partial charge in [0.15, 0.2) is 5.82 Å². The normalized spacial score (nSPS) is 26.6. The number of hydrogen-bond donors (Lipinski definition) is 3. The van der Waals surface area contributed by atoms with Crippen molar-refractivity contribution in [3.05, 3.63) is 76.5 Å². The zero-order valence-electron chi connectivity index (χ0n) is 19.9. The van der Waals surface area contributed by atoms with Gasteiger partial charge in [-0.15, -0.1) is 0 Å². The van der Waals surface area contributed by atoms with Gasteiger partial charge in [-0.3, -0.25) is 0 Å². The van der Waals surface area contributed by atoms with Crippen LogP contribution in [0.15, 0.2) is 42.9 Å². The lowest BCUT2D eigenvalue weighted by atomic mass is 9.68. The predicted octanol–water partition coefficient (Wildman–Crippen LogP) is 4.49. The Labute approximate surface area is 219 Å². The smallest absolute Gasteiger partial charge is 0.387 e. The van der Waals surface area contributed by atoms with Crippen molar-refractivity contribution in [3.63, 3.8) is 0 Å². The second kappa shape index (κ2) is 8.63. The van der Waals surface area contributed by atoms with E-state index in [1.165, 1.54) is 42.9 Å². The van der Waals surface area contributed by atoms with Crippen LogP contribution in [-0.4, -0.2) is 46.9 Å². The molecule has 0 aliphatic heterocycles. The quantitative estimate of drug-likeness (QED) is 0.338. The average molecular weight is 547 g/mol. The molecule has 0 amide bonds. The van der Waals surface area contributed by atoms with E-state index in [0.717, 1.165) is 0 Å². The first-order chi connectivity index (χ1) is 17.9. The van der Waals surface area contributed by atoms with Gasteiger partial charge in [-0.1, -0.05) is 11.6 Å². The van der Waals surface area contributed by atoms with Crippen LogP contribution in [0.2, 0.25) is 5.02 Å². The number of rotatable bonds is 5. The van der Waals surface area contributed by atoms with Crippen LogP contribution >= 0.6 is 11.6 Å². The minimum atomic E-state index is -3.06. The van der Waals surface area contributed by atoms with Crippen LogP contribution in [0.3, 0.4) is 0 Å². The van der Waals surface area contributed by atoms with Gasteiger partial charge in [0.25, 0.3) is 0 Å². The van der Waals surface area contributed by atoms with Crippen LogP contribution in [-0.2, 0) is 5.60 Å². The fourth-order valence-corrected chi connectivity index (χ4v) is 5.87. The summed E-state index contributed by atoms with van der Waals surface area (Å²) in [6.07, 6.45) is 3.56. The van der Waals surface area contributed by atoms with Gasteiger partial charge in [0.1, 0.15) is 22.8 Å². The minimum Gasteiger partial charge on any atom is -0.435 e. The van der Waals surface area contributed by atoms with Crippen molar-refractivity contribution in [3.8, 4) is 16.9 Å². The maximum Gasteiger partial charge on any atom is 0.387 e. The van der Waals surface area contributed by atoms with Crippen molar-refractivity contribution in [1.29, 1.82) is 0 Å². The second-order valence-electron chi connectivity index (χ2n) is 10.2. The number of alkyl halides is 2. The van der Waals surface area contributed by atoms with Crippen LogP contribution < -0.4 is 4.74 Å². The second-order valence-corrected chi connectivity index (χ2v) is 10.6. The molecule has 0 spiro atoms. The summed E-state index contributed by atoms with van der Waals surface area (Å²) in [6.45, 7) is -1.45. The van der Waals surface area contributed by atoms with Crippen LogP contribution in [0.25, 0.3) is 16.8 Å². The molecule has 1 saturated carbocycles. The third kappa shape index (κ3) is 4.10. The Hall–Kier alpha value is -3.25. The summed E-state index contributed by atoms with van der Waals surface area (Å²) in [4.78, 5) is 12.8. The monoisotopic (exact) mass is 546 g/mol. The number of pyridine rings is 1. The van der Waals surface area contributed by atoms with Gasteiger partial charge >= 0.3 is 6.61 Å². The van der Waals surface area contributed by atoms with Gasteiger partial charge in [0.05, 0.1) is 23.1 Å². The lowest BCUT2D eigenvalue weighted by Gasteiger charge is -2.46. The van der Waals surface area contributed by atoms with E-state index >= 15 is 4.39 Å². The molecule has 0 bridgehead atoms. The average Bonchev–Trinajstić information content (AvgIpc) is 3.35. The predicted molar refractivity (Wildman–Crippen MR) is 129 cm³/mol. The van der Waals surface area contributed by atoms with E-state index in [1.807, 2.05) is 0 Å². The molecule has 4 aromatic rings. The molecule has 38 heavy (non-hydrogen) atoms. The molecule has 0 unspecified atom stereocenters. The van der Waals surface area contributed by atoms with Crippen molar-refractivity contribution < 1.29 is 33.2 Å². The zero-order valence-corrected chi connectivity index (χ0v) is 20.7. The number of imidazole rings is 1. The Morgan fingerprint density at radius 2 is 1.87 bits per heavy atom. The Morgan fingerprint density at radius 3 is 2.53 bits per heavy atom. The number of halogens is 4.